The summed E-state index contributed by atoms with van der Waals surface area (Å²) in [6.07, 6.45) is 3.12. The lowest BCUT2D eigenvalue weighted by molar-refractivity contribution is -0.145. The summed E-state index contributed by atoms with van der Waals surface area (Å²) in [4.78, 5) is 11.5. The maximum Gasteiger partial charge on any atom is 0.306 e. The Morgan fingerprint density at radius 2 is 2.00 bits per heavy atom. The number of carbonyl (C=O) groups excluding carboxylic acids is 1. The standard InChI is InChI=1S/C15H23NO3/c1-2-3-10-18-11-12-19-15(17)9-8-13-6-4-5-7-14(13)16/h4-7H,2-3,8-12,16H2,1H3. The molecule has 0 fully saturated rings. The third-order valence-corrected chi connectivity index (χ3v) is 2.79. The van der Waals surface area contributed by atoms with E-state index >= 15 is 0 Å². The van der Waals surface area contributed by atoms with E-state index < -0.39 is 0 Å². The van der Waals surface area contributed by atoms with Crippen molar-refractivity contribution in [1.82, 2.24) is 0 Å². The van der Waals surface area contributed by atoms with E-state index in [1.54, 1.807) is 0 Å². The first kappa shape index (κ1) is 15.5. The molecule has 0 aliphatic rings. The van der Waals surface area contributed by atoms with Gasteiger partial charge >= 0.3 is 5.97 Å². The van der Waals surface area contributed by atoms with E-state index in [9.17, 15) is 4.79 Å². The predicted molar refractivity (Wildman–Crippen MR) is 75.9 cm³/mol. The number of esters is 1. The topological polar surface area (TPSA) is 61.5 Å². The molecular weight excluding hydrogens is 242 g/mol. The largest absolute Gasteiger partial charge is 0.463 e. The molecule has 0 aromatic heterocycles. The van der Waals surface area contributed by atoms with Gasteiger partial charge in [-0.15, -0.1) is 0 Å². The lowest BCUT2D eigenvalue weighted by atomic mass is 10.1. The summed E-state index contributed by atoms with van der Waals surface area (Å²) in [6.45, 7) is 3.64. The molecule has 0 unspecified atom stereocenters. The summed E-state index contributed by atoms with van der Waals surface area (Å²) >= 11 is 0. The maximum atomic E-state index is 11.5. The predicted octanol–water partition coefficient (Wildman–Crippen LogP) is 2.56. The van der Waals surface area contributed by atoms with Crippen LogP contribution in [0.25, 0.3) is 0 Å². The van der Waals surface area contributed by atoms with Crippen molar-refractivity contribution >= 4 is 11.7 Å². The third kappa shape index (κ3) is 6.82. The lowest BCUT2D eigenvalue weighted by Crippen LogP contribution is -2.12. The van der Waals surface area contributed by atoms with Gasteiger partial charge in [0, 0.05) is 18.7 Å². The number of benzene rings is 1. The first-order valence-electron chi connectivity index (χ1n) is 6.80. The van der Waals surface area contributed by atoms with Crippen LogP contribution >= 0.6 is 0 Å². The Kier molecular flexibility index (Phi) is 7.66. The quantitative estimate of drug-likeness (QED) is 0.423. The van der Waals surface area contributed by atoms with Gasteiger partial charge in [-0.2, -0.15) is 0 Å². The van der Waals surface area contributed by atoms with Crippen LogP contribution in [0.1, 0.15) is 31.7 Å². The van der Waals surface area contributed by atoms with Gasteiger partial charge in [0.1, 0.15) is 6.61 Å². The van der Waals surface area contributed by atoms with Gasteiger partial charge in [0.2, 0.25) is 0 Å². The van der Waals surface area contributed by atoms with Gasteiger partial charge in [0.15, 0.2) is 0 Å². The van der Waals surface area contributed by atoms with Crippen molar-refractivity contribution in [2.75, 3.05) is 25.6 Å². The molecule has 0 bridgehead atoms. The smallest absolute Gasteiger partial charge is 0.306 e. The van der Waals surface area contributed by atoms with Crippen molar-refractivity contribution in [1.29, 1.82) is 0 Å². The zero-order chi connectivity index (χ0) is 13.9. The van der Waals surface area contributed by atoms with Gasteiger partial charge in [0.25, 0.3) is 0 Å². The molecule has 4 nitrogen and oxygen atoms in total. The second kappa shape index (κ2) is 9.39. The SMILES string of the molecule is CCCCOCCOC(=O)CCc1ccccc1N. The van der Waals surface area contributed by atoms with E-state index in [4.69, 9.17) is 15.2 Å². The zero-order valence-corrected chi connectivity index (χ0v) is 11.6. The van der Waals surface area contributed by atoms with Crippen LogP contribution in [0.15, 0.2) is 24.3 Å². The van der Waals surface area contributed by atoms with Crippen LogP contribution < -0.4 is 5.73 Å². The Hall–Kier alpha value is -1.55. The Morgan fingerprint density at radius 1 is 1.21 bits per heavy atom. The molecule has 19 heavy (non-hydrogen) atoms. The Labute approximate surface area is 114 Å². The second-order valence-corrected chi connectivity index (χ2v) is 4.39. The van der Waals surface area contributed by atoms with E-state index in [1.807, 2.05) is 24.3 Å². The third-order valence-electron chi connectivity index (χ3n) is 2.79. The summed E-state index contributed by atoms with van der Waals surface area (Å²) in [5.41, 5.74) is 7.51. The molecule has 0 aliphatic carbocycles. The van der Waals surface area contributed by atoms with E-state index in [2.05, 4.69) is 6.92 Å². The highest BCUT2D eigenvalue weighted by Crippen LogP contribution is 2.12. The zero-order valence-electron chi connectivity index (χ0n) is 11.6. The minimum absolute atomic E-state index is 0.206. The molecule has 0 radical (unpaired) electrons. The molecule has 4 heteroatoms. The molecule has 0 spiro atoms. The van der Waals surface area contributed by atoms with Crippen molar-refractivity contribution in [3.63, 3.8) is 0 Å². The summed E-state index contributed by atoms with van der Waals surface area (Å²) in [5.74, 6) is -0.206. The maximum absolute atomic E-state index is 11.5. The summed E-state index contributed by atoms with van der Waals surface area (Å²) in [5, 5.41) is 0. The van der Waals surface area contributed by atoms with Crippen LogP contribution in [0.4, 0.5) is 5.69 Å². The van der Waals surface area contributed by atoms with Crippen molar-refractivity contribution in [2.24, 2.45) is 0 Å². The molecule has 0 aliphatic heterocycles. The number of ether oxygens (including phenoxy) is 2. The van der Waals surface area contributed by atoms with Crippen molar-refractivity contribution in [2.45, 2.75) is 32.6 Å². The second-order valence-electron chi connectivity index (χ2n) is 4.39. The monoisotopic (exact) mass is 265 g/mol. The molecule has 0 amide bonds. The van der Waals surface area contributed by atoms with E-state index in [0.717, 1.165) is 30.7 Å². The normalized spacial score (nSPS) is 10.4. The average Bonchev–Trinajstić information content (AvgIpc) is 2.42. The number of hydrogen-bond acceptors (Lipinski definition) is 4. The number of nitrogen functional groups attached to an aromatic ring is 1. The Balaban J connectivity index is 2.10. The fourth-order valence-electron chi connectivity index (χ4n) is 1.63. The molecule has 0 saturated heterocycles. The van der Waals surface area contributed by atoms with Gasteiger partial charge in [-0.1, -0.05) is 31.5 Å². The molecule has 1 rings (SSSR count). The Morgan fingerprint density at radius 3 is 2.74 bits per heavy atom. The number of aryl methyl sites for hydroxylation is 1. The Bertz CT molecular complexity index is 379. The van der Waals surface area contributed by atoms with E-state index in [0.29, 0.717) is 26.1 Å². The summed E-state index contributed by atoms with van der Waals surface area (Å²) in [6, 6.07) is 7.56. The number of unbranched alkanes of at least 4 members (excludes halogenated alkanes) is 1. The molecule has 1 aromatic carbocycles. The minimum atomic E-state index is -0.206. The number of anilines is 1. The lowest BCUT2D eigenvalue weighted by Gasteiger charge is -2.07. The minimum Gasteiger partial charge on any atom is -0.463 e. The fraction of sp³-hybridized carbons (Fsp3) is 0.533. The van der Waals surface area contributed by atoms with Crippen LogP contribution in [-0.2, 0) is 20.7 Å². The van der Waals surface area contributed by atoms with Crippen LogP contribution in [0.2, 0.25) is 0 Å². The van der Waals surface area contributed by atoms with Crippen LogP contribution in [0, 0.1) is 0 Å². The highest BCUT2D eigenvalue weighted by molar-refractivity contribution is 5.70. The molecular formula is C15H23NO3. The number of hydrogen-bond donors (Lipinski definition) is 1. The highest BCUT2D eigenvalue weighted by atomic mass is 16.6. The molecule has 2 N–H and O–H groups in total. The van der Waals surface area contributed by atoms with E-state index in [-0.39, 0.29) is 5.97 Å². The first-order valence-corrected chi connectivity index (χ1v) is 6.80. The fourth-order valence-corrected chi connectivity index (χ4v) is 1.63. The summed E-state index contributed by atoms with van der Waals surface area (Å²) in [7, 11) is 0. The number of rotatable bonds is 9. The van der Waals surface area contributed by atoms with Crippen molar-refractivity contribution in [3.8, 4) is 0 Å². The van der Waals surface area contributed by atoms with Gasteiger partial charge in [-0.3, -0.25) is 4.79 Å². The number of nitrogens with two attached hydrogens (primary N) is 1. The molecule has 1 aromatic rings. The highest BCUT2D eigenvalue weighted by Gasteiger charge is 2.05. The summed E-state index contributed by atoms with van der Waals surface area (Å²) < 4.78 is 10.4. The van der Waals surface area contributed by atoms with Crippen LogP contribution in [-0.4, -0.2) is 25.8 Å². The first-order chi connectivity index (χ1) is 9.24. The van der Waals surface area contributed by atoms with Gasteiger partial charge < -0.3 is 15.2 Å². The molecule has 0 heterocycles. The van der Waals surface area contributed by atoms with Gasteiger partial charge in [-0.05, 0) is 24.5 Å². The molecule has 106 valence electrons. The van der Waals surface area contributed by atoms with Crippen LogP contribution in [0.3, 0.4) is 0 Å². The van der Waals surface area contributed by atoms with E-state index in [1.165, 1.54) is 0 Å². The van der Waals surface area contributed by atoms with Gasteiger partial charge in [0.05, 0.1) is 6.61 Å². The van der Waals surface area contributed by atoms with Gasteiger partial charge in [-0.25, -0.2) is 0 Å². The molecule has 0 atom stereocenters. The number of carbonyl (C=O) groups is 1. The molecule has 0 saturated carbocycles. The van der Waals surface area contributed by atoms with Crippen molar-refractivity contribution < 1.29 is 14.3 Å². The van der Waals surface area contributed by atoms with Crippen LogP contribution in [0.5, 0.6) is 0 Å². The van der Waals surface area contributed by atoms with Crippen molar-refractivity contribution in [3.05, 3.63) is 29.8 Å². The number of para-hydroxylation sites is 1. The average molecular weight is 265 g/mol.